The van der Waals surface area contributed by atoms with Crippen molar-refractivity contribution in [1.29, 1.82) is 0 Å². The van der Waals surface area contributed by atoms with E-state index in [2.05, 4.69) is 0 Å². The van der Waals surface area contributed by atoms with Crippen molar-refractivity contribution < 1.29 is 9.53 Å². The molecule has 4 nitrogen and oxygen atoms in total. The van der Waals surface area contributed by atoms with E-state index in [0.717, 1.165) is 25.1 Å². The molecule has 0 aromatic heterocycles. The van der Waals surface area contributed by atoms with E-state index < -0.39 is 6.10 Å². The van der Waals surface area contributed by atoms with Crippen molar-refractivity contribution >= 4 is 5.91 Å². The smallest absolute Gasteiger partial charge is 0.256 e. The second-order valence-corrected chi connectivity index (χ2v) is 4.70. The van der Waals surface area contributed by atoms with Crippen LogP contribution in [0, 0.1) is 5.92 Å². The molecule has 1 fully saturated rings. The number of ether oxygens (including phenoxy) is 1. The molecule has 1 aromatic rings. The molecule has 1 aromatic carbocycles. The normalized spacial score (nSPS) is 21.0. The minimum atomic E-state index is -0.497. The van der Waals surface area contributed by atoms with Crippen molar-refractivity contribution in [2.24, 2.45) is 11.7 Å². The summed E-state index contributed by atoms with van der Waals surface area (Å²) in [6.07, 6.45) is 0.496. The first-order valence-corrected chi connectivity index (χ1v) is 6.33. The maximum atomic E-state index is 12.4. The van der Waals surface area contributed by atoms with Crippen LogP contribution < -0.4 is 5.73 Å². The van der Waals surface area contributed by atoms with Crippen LogP contribution >= 0.6 is 0 Å². The Bertz CT molecular complexity index is 394. The van der Waals surface area contributed by atoms with Crippen molar-refractivity contribution in [1.82, 2.24) is 4.90 Å². The number of benzene rings is 1. The molecule has 2 N–H and O–H groups in total. The quantitative estimate of drug-likeness (QED) is 0.870. The second-order valence-electron chi connectivity index (χ2n) is 4.70. The third-order valence-electron chi connectivity index (χ3n) is 3.49. The fourth-order valence-electron chi connectivity index (χ4n) is 2.40. The van der Waals surface area contributed by atoms with Gasteiger partial charge in [-0.1, -0.05) is 30.3 Å². The van der Waals surface area contributed by atoms with Crippen LogP contribution in [0.3, 0.4) is 0 Å². The predicted octanol–water partition coefficient (Wildman–Crippen LogP) is 1.18. The van der Waals surface area contributed by atoms with E-state index in [0.29, 0.717) is 12.5 Å². The van der Waals surface area contributed by atoms with Gasteiger partial charge in [0.15, 0.2) is 6.10 Å². The molecule has 0 spiro atoms. The summed E-state index contributed by atoms with van der Waals surface area (Å²) in [5, 5.41) is 0. The largest absolute Gasteiger partial charge is 0.367 e. The summed E-state index contributed by atoms with van der Waals surface area (Å²) in [5.41, 5.74) is 6.55. The van der Waals surface area contributed by atoms with Gasteiger partial charge < -0.3 is 15.4 Å². The molecule has 0 bridgehead atoms. The molecule has 2 rings (SSSR count). The number of amides is 1. The summed E-state index contributed by atoms with van der Waals surface area (Å²) in [7, 11) is 1.58. The summed E-state index contributed by atoms with van der Waals surface area (Å²) in [4.78, 5) is 14.3. The lowest BCUT2D eigenvalue weighted by Gasteiger charge is -2.22. The topological polar surface area (TPSA) is 55.6 Å². The highest BCUT2D eigenvalue weighted by Gasteiger charge is 2.31. The number of carbonyl (C=O) groups excluding carboxylic acids is 1. The van der Waals surface area contributed by atoms with Crippen LogP contribution in [-0.4, -0.2) is 37.6 Å². The van der Waals surface area contributed by atoms with Gasteiger partial charge >= 0.3 is 0 Å². The molecule has 18 heavy (non-hydrogen) atoms. The Hall–Kier alpha value is -1.39. The lowest BCUT2D eigenvalue weighted by molar-refractivity contribution is -0.141. The van der Waals surface area contributed by atoms with E-state index in [1.54, 1.807) is 7.11 Å². The van der Waals surface area contributed by atoms with E-state index in [-0.39, 0.29) is 5.91 Å². The molecule has 2 atom stereocenters. The third-order valence-corrected chi connectivity index (χ3v) is 3.49. The Morgan fingerprint density at radius 1 is 1.50 bits per heavy atom. The van der Waals surface area contributed by atoms with Gasteiger partial charge in [-0.2, -0.15) is 0 Å². The summed E-state index contributed by atoms with van der Waals surface area (Å²) >= 11 is 0. The van der Waals surface area contributed by atoms with Gasteiger partial charge in [0.1, 0.15) is 0 Å². The SMILES string of the molecule is CO[C@@H](C(=O)N1CC[C@H](CN)C1)c1ccccc1. The van der Waals surface area contributed by atoms with Gasteiger partial charge in [-0.25, -0.2) is 0 Å². The van der Waals surface area contributed by atoms with Gasteiger partial charge in [-0.15, -0.1) is 0 Å². The molecule has 1 amide bonds. The third kappa shape index (κ3) is 2.71. The molecule has 0 unspecified atom stereocenters. The Morgan fingerprint density at radius 3 is 2.78 bits per heavy atom. The zero-order valence-electron chi connectivity index (χ0n) is 10.7. The molecule has 0 radical (unpaired) electrons. The molecule has 0 saturated carbocycles. The number of nitrogens with zero attached hydrogens (tertiary/aromatic N) is 1. The maximum absolute atomic E-state index is 12.4. The van der Waals surface area contributed by atoms with Crippen molar-refractivity contribution in [3.05, 3.63) is 35.9 Å². The molecule has 1 aliphatic rings. The molecule has 1 saturated heterocycles. The van der Waals surface area contributed by atoms with Gasteiger partial charge in [0.05, 0.1) is 0 Å². The average Bonchev–Trinajstić information content (AvgIpc) is 2.89. The van der Waals surface area contributed by atoms with Crippen molar-refractivity contribution in [3.8, 4) is 0 Å². The van der Waals surface area contributed by atoms with Crippen LogP contribution in [0.4, 0.5) is 0 Å². The summed E-state index contributed by atoms with van der Waals surface area (Å²) in [6.45, 7) is 2.18. The molecule has 1 aliphatic heterocycles. The van der Waals surface area contributed by atoms with Crippen LogP contribution in [0.5, 0.6) is 0 Å². The van der Waals surface area contributed by atoms with Crippen molar-refractivity contribution in [2.45, 2.75) is 12.5 Å². The summed E-state index contributed by atoms with van der Waals surface area (Å²) < 4.78 is 5.36. The van der Waals surface area contributed by atoms with Crippen LogP contribution in [0.2, 0.25) is 0 Å². The first-order valence-electron chi connectivity index (χ1n) is 6.33. The first-order chi connectivity index (χ1) is 8.76. The van der Waals surface area contributed by atoms with Crippen LogP contribution in [0.1, 0.15) is 18.1 Å². The lowest BCUT2D eigenvalue weighted by Crippen LogP contribution is -2.34. The van der Waals surface area contributed by atoms with E-state index in [1.165, 1.54) is 0 Å². The summed E-state index contributed by atoms with van der Waals surface area (Å²) in [5.74, 6) is 0.474. The minimum Gasteiger partial charge on any atom is -0.367 e. The average molecular weight is 248 g/mol. The Labute approximate surface area is 108 Å². The van der Waals surface area contributed by atoms with Crippen LogP contribution in [0.15, 0.2) is 30.3 Å². The molecule has 1 heterocycles. The maximum Gasteiger partial charge on any atom is 0.256 e. The molecule has 0 aliphatic carbocycles. The summed E-state index contributed by atoms with van der Waals surface area (Å²) in [6, 6.07) is 9.61. The standard InChI is InChI=1S/C14H20N2O2/c1-18-13(12-5-3-2-4-6-12)14(17)16-8-7-11(9-15)10-16/h2-6,11,13H,7-10,15H2,1H3/t11-,13-/m1/s1. The number of carbonyl (C=O) groups is 1. The van der Waals surface area contributed by atoms with Gasteiger partial charge in [0.25, 0.3) is 5.91 Å². The van der Waals surface area contributed by atoms with Gasteiger partial charge in [0, 0.05) is 20.2 Å². The number of hydrogen-bond acceptors (Lipinski definition) is 3. The number of likely N-dealkylation sites (tertiary alicyclic amines) is 1. The Morgan fingerprint density at radius 2 is 2.22 bits per heavy atom. The fourth-order valence-corrected chi connectivity index (χ4v) is 2.40. The van der Waals surface area contributed by atoms with E-state index in [1.807, 2.05) is 35.2 Å². The van der Waals surface area contributed by atoms with E-state index in [9.17, 15) is 4.79 Å². The van der Waals surface area contributed by atoms with Crippen LogP contribution in [0.25, 0.3) is 0 Å². The van der Waals surface area contributed by atoms with Crippen LogP contribution in [-0.2, 0) is 9.53 Å². The highest BCUT2D eigenvalue weighted by molar-refractivity contribution is 5.82. The minimum absolute atomic E-state index is 0.0413. The second kappa shape index (κ2) is 5.98. The lowest BCUT2D eigenvalue weighted by atomic mass is 10.1. The molecule has 98 valence electrons. The highest BCUT2D eigenvalue weighted by atomic mass is 16.5. The molecular weight excluding hydrogens is 228 g/mol. The molecular formula is C14H20N2O2. The van der Waals surface area contributed by atoms with Crippen molar-refractivity contribution in [2.75, 3.05) is 26.7 Å². The number of nitrogens with two attached hydrogens (primary N) is 1. The number of rotatable bonds is 4. The van der Waals surface area contributed by atoms with E-state index >= 15 is 0 Å². The van der Waals surface area contributed by atoms with Crippen molar-refractivity contribution in [3.63, 3.8) is 0 Å². The predicted molar refractivity (Wildman–Crippen MR) is 69.9 cm³/mol. The zero-order chi connectivity index (χ0) is 13.0. The Balaban J connectivity index is 2.07. The van der Waals surface area contributed by atoms with E-state index in [4.69, 9.17) is 10.5 Å². The Kier molecular flexibility index (Phi) is 4.33. The van der Waals surface area contributed by atoms with Gasteiger partial charge in [-0.3, -0.25) is 4.79 Å². The highest BCUT2D eigenvalue weighted by Crippen LogP contribution is 2.23. The number of methoxy groups -OCH3 is 1. The molecule has 4 heteroatoms. The number of hydrogen-bond donors (Lipinski definition) is 1. The first kappa shape index (κ1) is 13.1. The monoisotopic (exact) mass is 248 g/mol. The van der Waals surface area contributed by atoms with Gasteiger partial charge in [-0.05, 0) is 24.4 Å². The zero-order valence-corrected chi connectivity index (χ0v) is 10.7. The van der Waals surface area contributed by atoms with Gasteiger partial charge in [0.2, 0.25) is 0 Å². The fraction of sp³-hybridized carbons (Fsp3) is 0.500.